The first-order valence-corrected chi connectivity index (χ1v) is 8.78. The van der Waals surface area contributed by atoms with Gasteiger partial charge in [0.15, 0.2) is 0 Å². The van der Waals surface area contributed by atoms with E-state index in [1.807, 2.05) is 0 Å². The summed E-state index contributed by atoms with van der Waals surface area (Å²) in [6, 6.07) is 7.15. The number of hydrogen-bond donors (Lipinski definition) is 2. The van der Waals surface area contributed by atoms with Crippen molar-refractivity contribution in [3.05, 3.63) is 28.2 Å². The van der Waals surface area contributed by atoms with Crippen molar-refractivity contribution in [2.45, 2.75) is 45.4 Å². The molecular weight excluding hydrogens is 328 g/mol. The summed E-state index contributed by atoms with van der Waals surface area (Å²) in [5.41, 5.74) is 2.57. The van der Waals surface area contributed by atoms with Gasteiger partial charge in [0.05, 0.1) is 6.10 Å². The molecule has 0 amide bonds. The Morgan fingerprint density at radius 3 is 2.81 bits per heavy atom. The highest BCUT2D eigenvalue weighted by molar-refractivity contribution is 9.10. The minimum atomic E-state index is -0.0852. The molecule has 3 rings (SSSR count). The van der Waals surface area contributed by atoms with E-state index in [9.17, 15) is 5.11 Å². The molecule has 116 valence electrons. The fourth-order valence-corrected chi connectivity index (χ4v) is 4.14. The van der Waals surface area contributed by atoms with E-state index in [4.69, 9.17) is 0 Å². The van der Waals surface area contributed by atoms with Crippen molar-refractivity contribution in [2.24, 2.45) is 11.8 Å². The van der Waals surface area contributed by atoms with E-state index < -0.39 is 0 Å². The van der Waals surface area contributed by atoms with Crippen LogP contribution in [0.15, 0.2) is 22.7 Å². The molecule has 1 heterocycles. The summed E-state index contributed by atoms with van der Waals surface area (Å²) in [7, 11) is 0. The van der Waals surface area contributed by atoms with E-state index in [1.165, 1.54) is 22.1 Å². The standard InChI is InChI=1S/C17H25BrN2O/c1-11(2)19-8-12-3-5-14(7-16(12)18)20-9-13-4-6-17(21)15(13)10-20/h3,5,7,11,13,15,17,19,21H,4,6,8-10H2,1-2H3. The molecule has 1 aliphatic carbocycles. The Morgan fingerprint density at radius 1 is 1.33 bits per heavy atom. The molecule has 3 atom stereocenters. The van der Waals surface area contributed by atoms with Crippen LogP contribution < -0.4 is 10.2 Å². The number of aliphatic hydroxyl groups excluding tert-OH is 1. The van der Waals surface area contributed by atoms with Crippen LogP contribution in [0.4, 0.5) is 5.69 Å². The van der Waals surface area contributed by atoms with Gasteiger partial charge in [-0.05, 0) is 36.5 Å². The molecule has 4 heteroatoms. The third-order valence-electron chi connectivity index (χ3n) is 4.92. The number of nitrogens with one attached hydrogen (secondary N) is 1. The number of nitrogens with zero attached hydrogens (tertiary/aromatic N) is 1. The second-order valence-electron chi connectivity index (χ2n) is 6.78. The zero-order valence-corrected chi connectivity index (χ0v) is 14.4. The third-order valence-corrected chi connectivity index (χ3v) is 5.66. The maximum absolute atomic E-state index is 10.0. The Bertz CT molecular complexity index is 506. The highest BCUT2D eigenvalue weighted by Crippen LogP contribution is 2.40. The molecule has 21 heavy (non-hydrogen) atoms. The number of rotatable bonds is 4. The van der Waals surface area contributed by atoms with Crippen LogP contribution in [0, 0.1) is 11.8 Å². The predicted molar refractivity (Wildman–Crippen MR) is 90.6 cm³/mol. The lowest BCUT2D eigenvalue weighted by Crippen LogP contribution is -2.24. The summed E-state index contributed by atoms with van der Waals surface area (Å²) < 4.78 is 1.17. The van der Waals surface area contributed by atoms with Crippen molar-refractivity contribution in [1.82, 2.24) is 5.32 Å². The van der Waals surface area contributed by atoms with E-state index in [2.05, 4.69) is 58.2 Å². The molecule has 1 aromatic rings. The molecule has 1 saturated carbocycles. The molecule has 2 fully saturated rings. The normalized spacial score (nSPS) is 28.4. The monoisotopic (exact) mass is 352 g/mol. The van der Waals surface area contributed by atoms with E-state index in [0.717, 1.165) is 26.1 Å². The topological polar surface area (TPSA) is 35.5 Å². The van der Waals surface area contributed by atoms with Gasteiger partial charge in [0.1, 0.15) is 0 Å². The van der Waals surface area contributed by atoms with Gasteiger partial charge in [0.2, 0.25) is 0 Å². The Labute approximate surface area is 135 Å². The van der Waals surface area contributed by atoms with Crippen LogP contribution in [0.1, 0.15) is 32.3 Å². The quantitative estimate of drug-likeness (QED) is 0.873. The molecule has 2 aliphatic rings. The van der Waals surface area contributed by atoms with Gasteiger partial charge in [-0.2, -0.15) is 0 Å². The number of benzene rings is 1. The zero-order valence-electron chi connectivity index (χ0n) is 12.8. The maximum Gasteiger partial charge on any atom is 0.0588 e. The van der Waals surface area contributed by atoms with Crippen LogP contribution in [0.25, 0.3) is 0 Å². The van der Waals surface area contributed by atoms with E-state index in [1.54, 1.807) is 0 Å². The Kier molecular flexibility index (Phi) is 4.57. The van der Waals surface area contributed by atoms with Gasteiger partial charge in [-0.25, -0.2) is 0 Å². The predicted octanol–water partition coefficient (Wildman–Crippen LogP) is 3.15. The second-order valence-corrected chi connectivity index (χ2v) is 7.64. The lowest BCUT2D eigenvalue weighted by Gasteiger charge is -2.21. The molecule has 3 nitrogen and oxygen atoms in total. The lowest BCUT2D eigenvalue weighted by molar-refractivity contribution is 0.133. The van der Waals surface area contributed by atoms with Gasteiger partial charge in [-0.3, -0.25) is 0 Å². The SMILES string of the molecule is CC(C)NCc1ccc(N2CC3CCC(O)C3C2)cc1Br. The first-order chi connectivity index (χ1) is 10.0. The first kappa shape index (κ1) is 15.3. The fraction of sp³-hybridized carbons (Fsp3) is 0.647. The van der Waals surface area contributed by atoms with Crippen molar-refractivity contribution in [3.63, 3.8) is 0 Å². The summed E-state index contributed by atoms with van der Waals surface area (Å²) in [5.74, 6) is 1.16. The largest absolute Gasteiger partial charge is 0.393 e. The Morgan fingerprint density at radius 2 is 2.14 bits per heavy atom. The van der Waals surface area contributed by atoms with Gasteiger partial charge in [0.25, 0.3) is 0 Å². The van der Waals surface area contributed by atoms with Crippen molar-refractivity contribution < 1.29 is 5.11 Å². The summed E-state index contributed by atoms with van der Waals surface area (Å²) in [6.07, 6.45) is 2.09. The minimum Gasteiger partial charge on any atom is -0.393 e. The zero-order chi connectivity index (χ0) is 15.0. The second kappa shape index (κ2) is 6.27. The van der Waals surface area contributed by atoms with Gasteiger partial charge >= 0.3 is 0 Å². The molecule has 0 spiro atoms. The summed E-state index contributed by atoms with van der Waals surface area (Å²) in [4.78, 5) is 2.43. The summed E-state index contributed by atoms with van der Waals surface area (Å²) >= 11 is 3.70. The van der Waals surface area contributed by atoms with Crippen molar-refractivity contribution in [3.8, 4) is 0 Å². The van der Waals surface area contributed by atoms with Crippen LogP contribution >= 0.6 is 15.9 Å². The molecule has 1 saturated heterocycles. The van der Waals surface area contributed by atoms with Crippen LogP contribution in [-0.4, -0.2) is 30.3 Å². The van der Waals surface area contributed by atoms with Crippen LogP contribution in [-0.2, 0) is 6.54 Å². The molecule has 3 unspecified atom stereocenters. The van der Waals surface area contributed by atoms with Crippen molar-refractivity contribution in [2.75, 3.05) is 18.0 Å². The highest BCUT2D eigenvalue weighted by Gasteiger charge is 2.41. The first-order valence-electron chi connectivity index (χ1n) is 7.99. The molecular formula is C17H25BrN2O. The van der Waals surface area contributed by atoms with E-state index in [-0.39, 0.29) is 6.10 Å². The Balaban J connectivity index is 1.68. The smallest absolute Gasteiger partial charge is 0.0588 e. The Hall–Kier alpha value is -0.580. The highest BCUT2D eigenvalue weighted by atomic mass is 79.9. The van der Waals surface area contributed by atoms with Crippen LogP contribution in [0.3, 0.4) is 0 Å². The van der Waals surface area contributed by atoms with Crippen molar-refractivity contribution >= 4 is 21.6 Å². The molecule has 0 radical (unpaired) electrons. The molecule has 0 aromatic heterocycles. The van der Waals surface area contributed by atoms with E-state index in [0.29, 0.717) is 17.9 Å². The maximum atomic E-state index is 10.0. The minimum absolute atomic E-state index is 0.0852. The van der Waals surface area contributed by atoms with Crippen LogP contribution in [0.5, 0.6) is 0 Å². The van der Waals surface area contributed by atoms with Gasteiger partial charge in [-0.1, -0.05) is 35.8 Å². The lowest BCUT2D eigenvalue weighted by atomic mass is 10.00. The summed E-state index contributed by atoms with van der Waals surface area (Å²) in [6.45, 7) is 7.31. The summed E-state index contributed by atoms with van der Waals surface area (Å²) in [5, 5.41) is 13.5. The van der Waals surface area contributed by atoms with Gasteiger partial charge < -0.3 is 15.3 Å². The van der Waals surface area contributed by atoms with E-state index >= 15 is 0 Å². The number of aliphatic hydroxyl groups is 1. The molecule has 0 bridgehead atoms. The molecule has 1 aromatic carbocycles. The van der Waals surface area contributed by atoms with Crippen molar-refractivity contribution in [1.29, 1.82) is 0 Å². The van der Waals surface area contributed by atoms with Gasteiger partial charge in [0, 0.05) is 41.8 Å². The number of fused-ring (bicyclic) bond motifs is 1. The number of anilines is 1. The van der Waals surface area contributed by atoms with Crippen LogP contribution in [0.2, 0.25) is 0 Å². The molecule has 1 aliphatic heterocycles. The average Bonchev–Trinajstić information content (AvgIpc) is 3.00. The van der Waals surface area contributed by atoms with Gasteiger partial charge in [-0.15, -0.1) is 0 Å². The number of halogens is 1. The fourth-order valence-electron chi connectivity index (χ4n) is 3.64. The average molecular weight is 353 g/mol. The molecule has 2 N–H and O–H groups in total. The number of hydrogen-bond acceptors (Lipinski definition) is 3. The third kappa shape index (κ3) is 3.27.